The van der Waals surface area contributed by atoms with E-state index in [2.05, 4.69) is 10.2 Å². The Bertz CT molecular complexity index is 395. The maximum atomic E-state index is 10.3. The molecule has 88 valence electrons. The Balaban J connectivity index is 2.68. The lowest BCUT2D eigenvalue weighted by Crippen LogP contribution is -2.25. The Labute approximate surface area is 92.9 Å². The van der Waals surface area contributed by atoms with Gasteiger partial charge in [-0.1, -0.05) is 0 Å². The molecule has 0 atom stereocenters. The first-order chi connectivity index (χ1) is 7.43. The maximum absolute atomic E-state index is 10.3. The van der Waals surface area contributed by atoms with Crippen molar-refractivity contribution in [3.8, 4) is 0 Å². The van der Waals surface area contributed by atoms with Gasteiger partial charge >= 0.3 is 5.97 Å². The highest BCUT2D eigenvalue weighted by Gasteiger charge is 2.20. The molecule has 0 unspecified atom stereocenters. The van der Waals surface area contributed by atoms with Crippen molar-refractivity contribution in [2.75, 3.05) is 7.11 Å². The largest absolute Gasteiger partial charge is 0.478 e. The molecule has 0 aliphatic carbocycles. The molecule has 0 amide bonds. The fourth-order valence-corrected chi connectivity index (χ4v) is 0.984. The molecule has 0 fully saturated rings. The number of ether oxygens (including phenoxy) is 1. The van der Waals surface area contributed by atoms with E-state index in [0.717, 1.165) is 6.08 Å². The van der Waals surface area contributed by atoms with Crippen LogP contribution < -0.4 is 0 Å². The maximum Gasteiger partial charge on any atom is 0.328 e. The van der Waals surface area contributed by atoms with Gasteiger partial charge in [0, 0.05) is 19.3 Å². The molecule has 1 rings (SSSR count). The second-order valence-corrected chi connectivity index (χ2v) is 3.85. The quantitative estimate of drug-likeness (QED) is 0.757. The van der Waals surface area contributed by atoms with Gasteiger partial charge in [-0.25, -0.2) is 4.79 Å². The van der Waals surface area contributed by atoms with Crippen LogP contribution in [0.2, 0.25) is 0 Å². The number of rotatable bonds is 5. The smallest absolute Gasteiger partial charge is 0.328 e. The van der Waals surface area contributed by atoms with Crippen LogP contribution in [-0.2, 0) is 16.0 Å². The fraction of sp³-hybridized carbons (Fsp3) is 0.500. The van der Waals surface area contributed by atoms with Crippen LogP contribution in [0.4, 0.5) is 0 Å². The zero-order valence-electron chi connectivity index (χ0n) is 9.43. The average molecular weight is 226 g/mol. The molecule has 0 aromatic carbocycles. The first-order valence-corrected chi connectivity index (χ1v) is 4.71. The molecule has 0 spiro atoms. The third-order valence-electron chi connectivity index (χ3n) is 1.98. The predicted octanol–water partition coefficient (Wildman–Crippen LogP) is 1.13. The summed E-state index contributed by atoms with van der Waals surface area (Å²) in [5, 5.41) is 15.9. The van der Waals surface area contributed by atoms with E-state index in [1.165, 1.54) is 6.08 Å². The van der Waals surface area contributed by atoms with Crippen molar-refractivity contribution in [3.63, 3.8) is 0 Å². The SMILES string of the molecule is COC(C)(C)Cc1nnc(/C=C/C(=O)O)o1. The van der Waals surface area contributed by atoms with Crippen LogP contribution in [0.15, 0.2) is 10.5 Å². The van der Waals surface area contributed by atoms with Gasteiger partial charge in [-0.15, -0.1) is 10.2 Å². The number of hydrogen-bond donors (Lipinski definition) is 1. The Hall–Kier alpha value is -1.69. The van der Waals surface area contributed by atoms with Gasteiger partial charge in [-0.3, -0.25) is 0 Å². The summed E-state index contributed by atoms with van der Waals surface area (Å²) in [7, 11) is 1.60. The summed E-state index contributed by atoms with van der Waals surface area (Å²) in [5.74, 6) is -0.474. The van der Waals surface area contributed by atoms with E-state index in [1.54, 1.807) is 7.11 Å². The van der Waals surface area contributed by atoms with Gasteiger partial charge in [0.1, 0.15) is 0 Å². The van der Waals surface area contributed by atoms with Crippen molar-refractivity contribution >= 4 is 12.0 Å². The standard InChI is InChI=1S/C10H14N2O4/c1-10(2,15-3)6-8-12-11-7(16-8)4-5-9(13)14/h4-5H,6H2,1-3H3,(H,13,14)/b5-4+. The summed E-state index contributed by atoms with van der Waals surface area (Å²) < 4.78 is 10.4. The van der Waals surface area contributed by atoms with E-state index in [9.17, 15) is 4.79 Å². The molecule has 1 aromatic rings. The average Bonchev–Trinajstić information content (AvgIpc) is 2.62. The van der Waals surface area contributed by atoms with Gasteiger partial charge in [0.05, 0.1) is 12.0 Å². The van der Waals surface area contributed by atoms with Gasteiger partial charge in [0.25, 0.3) is 0 Å². The molecule has 1 N–H and O–H groups in total. The van der Waals surface area contributed by atoms with Crippen molar-refractivity contribution in [2.45, 2.75) is 25.9 Å². The Morgan fingerprint density at radius 1 is 1.56 bits per heavy atom. The van der Waals surface area contributed by atoms with Crippen LogP contribution in [0.1, 0.15) is 25.6 Å². The second-order valence-electron chi connectivity index (χ2n) is 3.85. The van der Waals surface area contributed by atoms with Crippen molar-refractivity contribution in [1.29, 1.82) is 0 Å². The Morgan fingerprint density at radius 3 is 2.81 bits per heavy atom. The Morgan fingerprint density at radius 2 is 2.25 bits per heavy atom. The highest BCUT2D eigenvalue weighted by atomic mass is 16.5. The summed E-state index contributed by atoms with van der Waals surface area (Å²) in [6.45, 7) is 3.79. The lowest BCUT2D eigenvalue weighted by molar-refractivity contribution is -0.131. The fourth-order valence-electron chi connectivity index (χ4n) is 0.984. The molecular weight excluding hydrogens is 212 g/mol. The minimum atomic E-state index is -1.06. The molecule has 6 nitrogen and oxygen atoms in total. The number of hydrogen-bond acceptors (Lipinski definition) is 5. The van der Waals surface area contributed by atoms with Crippen molar-refractivity contribution in [1.82, 2.24) is 10.2 Å². The zero-order chi connectivity index (χ0) is 12.2. The number of aromatic nitrogens is 2. The number of nitrogens with zero attached hydrogens (tertiary/aromatic N) is 2. The summed E-state index contributed by atoms with van der Waals surface area (Å²) in [5.41, 5.74) is -0.389. The van der Waals surface area contributed by atoms with E-state index in [0.29, 0.717) is 12.3 Å². The zero-order valence-corrected chi connectivity index (χ0v) is 9.43. The second kappa shape index (κ2) is 4.89. The van der Waals surface area contributed by atoms with Gasteiger partial charge in [0.15, 0.2) is 0 Å². The van der Waals surface area contributed by atoms with Crippen LogP contribution in [0.3, 0.4) is 0 Å². The molecule has 0 aliphatic heterocycles. The highest BCUT2D eigenvalue weighted by Crippen LogP contribution is 2.15. The van der Waals surface area contributed by atoms with Gasteiger partial charge in [-0.2, -0.15) is 0 Å². The topological polar surface area (TPSA) is 85.5 Å². The lowest BCUT2D eigenvalue weighted by atomic mass is 10.1. The first-order valence-electron chi connectivity index (χ1n) is 4.71. The number of carboxylic acids is 1. The van der Waals surface area contributed by atoms with Crippen LogP contribution in [-0.4, -0.2) is 34.0 Å². The Kier molecular flexibility index (Phi) is 3.78. The van der Waals surface area contributed by atoms with Crippen molar-refractivity contribution in [2.24, 2.45) is 0 Å². The van der Waals surface area contributed by atoms with Crippen LogP contribution in [0, 0.1) is 0 Å². The number of aliphatic carboxylic acids is 1. The highest BCUT2D eigenvalue weighted by molar-refractivity contribution is 5.84. The van der Waals surface area contributed by atoms with E-state index in [4.69, 9.17) is 14.3 Å². The van der Waals surface area contributed by atoms with Crippen LogP contribution in [0.5, 0.6) is 0 Å². The molecule has 0 radical (unpaired) electrons. The summed E-state index contributed by atoms with van der Waals surface area (Å²) in [4.78, 5) is 10.3. The van der Waals surface area contributed by atoms with Gasteiger partial charge in [-0.05, 0) is 13.8 Å². The number of carbonyl (C=O) groups is 1. The lowest BCUT2D eigenvalue weighted by Gasteiger charge is -2.20. The predicted molar refractivity (Wildman–Crippen MR) is 55.8 cm³/mol. The molecule has 0 saturated carbocycles. The van der Waals surface area contributed by atoms with Crippen LogP contribution >= 0.6 is 0 Å². The molecule has 1 heterocycles. The van der Waals surface area contributed by atoms with E-state index < -0.39 is 5.97 Å². The molecule has 6 heteroatoms. The minimum absolute atomic E-state index is 0.171. The van der Waals surface area contributed by atoms with Crippen LogP contribution in [0.25, 0.3) is 6.08 Å². The van der Waals surface area contributed by atoms with Crippen molar-refractivity contribution < 1.29 is 19.1 Å². The van der Waals surface area contributed by atoms with E-state index in [-0.39, 0.29) is 11.5 Å². The van der Waals surface area contributed by atoms with E-state index >= 15 is 0 Å². The molecule has 0 aliphatic rings. The summed E-state index contributed by atoms with van der Waals surface area (Å²) >= 11 is 0. The normalized spacial score (nSPS) is 12.2. The molecular formula is C10H14N2O4. The molecule has 0 saturated heterocycles. The number of carboxylic acid groups (broad SMARTS) is 1. The molecule has 0 bridgehead atoms. The molecule has 1 aromatic heterocycles. The van der Waals surface area contributed by atoms with Gasteiger partial charge < -0.3 is 14.3 Å². The minimum Gasteiger partial charge on any atom is -0.478 e. The number of methoxy groups -OCH3 is 1. The third kappa shape index (κ3) is 3.82. The summed E-state index contributed by atoms with van der Waals surface area (Å²) in [6.07, 6.45) is 2.66. The van der Waals surface area contributed by atoms with E-state index in [1.807, 2.05) is 13.8 Å². The van der Waals surface area contributed by atoms with Crippen molar-refractivity contribution in [3.05, 3.63) is 17.9 Å². The van der Waals surface area contributed by atoms with Gasteiger partial charge in [0.2, 0.25) is 11.8 Å². The monoisotopic (exact) mass is 226 g/mol. The first kappa shape index (κ1) is 12.4. The summed E-state index contributed by atoms with van der Waals surface area (Å²) in [6, 6.07) is 0. The third-order valence-corrected chi connectivity index (χ3v) is 1.98. The molecule has 16 heavy (non-hydrogen) atoms.